The van der Waals surface area contributed by atoms with Crippen molar-refractivity contribution in [3.05, 3.63) is 16.7 Å². The first-order chi connectivity index (χ1) is 8.99. The van der Waals surface area contributed by atoms with Gasteiger partial charge in [0, 0.05) is 23.8 Å². The van der Waals surface area contributed by atoms with E-state index in [2.05, 4.69) is 30.5 Å². The molecule has 0 bridgehead atoms. The van der Waals surface area contributed by atoms with E-state index in [0.29, 0.717) is 11.0 Å². The third-order valence-corrected chi connectivity index (χ3v) is 4.98. The lowest BCUT2D eigenvalue weighted by Crippen LogP contribution is -2.33. The number of pyridine rings is 1. The fourth-order valence-corrected chi connectivity index (χ4v) is 3.68. The molecule has 1 aliphatic rings. The summed E-state index contributed by atoms with van der Waals surface area (Å²) >= 11 is 3.19. The molecule has 106 valence electrons. The number of anilines is 1. The quantitative estimate of drug-likeness (QED) is 0.821. The minimum Gasteiger partial charge on any atom is -0.383 e. The Morgan fingerprint density at radius 1 is 1.42 bits per heavy atom. The van der Waals surface area contributed by atoms with Gasteiger partial charge in [-0.2, -0.15) is 0 Å². The van der Waals surface area contributed by atoms with Crippen molar-refractivity contribution in [2.75, 3.05) is 31.9 Å². The molecule has 6 nitrogen and oxygen atoms in total. The summed E-state index contributed by atoms with van der Waals surface area (Å²) < 4.78 is 27.4. The van der Waals surface area contributed by atoms with Crippen LogP contribution >= 0.6 is 15.9 Å². The topological polar surface area (TPSA) is 88.3 Å². The Bertz CT molecular complexity index is 544. The molecule has 0 atom stereocenters. The summed E-state index contributed by atoms with van der Waals surface area (Å²) in [6.07, 6.45) is 3.85. The number of hydrogen-bond acceptors (Lipinski definition) is 5. The zero-order valence-corrected chi connectivity index (χ0v) is 12.9. The molecule has 0 aromatic carbocycles. The summed E-state index contributed by atoms with van der Waals surface area (Å²) in [5.41, 5.74) is 5.61. The molecule has 0 unspecified atom stereocenters. The van der Waals surface area contributed by atoms with Gasteiger partial charge in [0.1, 0.15) is 10.7 Å². The zero-order chi connectivity index (χ0) is 13.9. The van der Waals surface area contributed by atoms with Crippen LogP contribution in [0.5, 0.6) is 0 Å². The maximum atomic E-state index is 12.1. The number of halogens is 1. The third kappa shape index (κ3) is 3.88. The van der Waals surface area contributed by atoms with Crippen molar-refractivity contribution >= 4 is 31.8 Å². The van der Waals surface area contributed by atoms with Gasteiger partial charge < -0.3 is 10.6 Å². The van der Waals surface area contributed by atoms with Crippen molar-refractivity contribution in [1.29, 1.82) is 0 Å². The van der Waals surface area contributed by atoms with Gasteiger partial charge in [-0.15, -0.1) is 0 Å². The number of nitrogens with one attached hydrogen (secondary N) is 1. The molecule has 1 fully saturated rings. The Kier molecular flexibility index (Phi) is 4.77. The standard InChI is InChI=1S/C11H17BrN4O2S/c12-9-7-10(11(13)14-8-9)19(17,18)15-3-6-16-4-1-2-5-16/h7-8,15H,1-6H2,(H2,13,14). The van der Waals surface area contributed by atoms with Gasteiger partial charge in [-0.05, 0) is 47.9 Å². The van der Waals surface area contributed by atoms with E-state index >= 15 is 0 Å². The number of rotatable bonds is 5. The lowest BCUT2D eigenvalue weighted by molar-refractivity contribution is 0.344. The van der Waals surface area contributed by atoms with E-state index < -0.39 is 10.0 Å². The van der Waals surface area contributed by atoms with Crippen LogP contribution in [-0.4, -0.2) is 44.5 Å². The minimum absolute atomic E-state index is 0.0110. The fourth-order valence-electron chi connectivity index (χ4n) is 2.07. The molecule has 1 aromatic heterocycles. The highest BCUT2D eigenvalue weighted by Gasteiger charge is 2.19. The Morgan fingerprint density at radius 3 is 2.79 bits per heavy atom. The highest BCUT2D eigenvalue weighted by molar-refractivity contribution is 9.10. The van der Waals surface area contributed by atoms with E-state index in [1.807, 2.05) is 0 Å². The summed E-state index contributed by atoms with van der Waals surface area (Å²) in [4.78, 5) is 6.09. The molecule has 0 saturated carbocycles. The van der Waals surface area contributed by atoms with Crippen LogP contribution < -0.4 is 10.5 Å². The van der Waals surface area contributed by atoms with Gasteiger partial charge >= 0.3 is 0 Å². The minimum atomic E-state index is -3.60. The van der Waals surface area contributed by atoms with Crippen LogP contribution in [0.4, 0.5) is 5.82 Å². The molecule has 1 saturated heterocycles. The van der Waals surface area contributed by atoms with E-state index in [4.69, 9.17) is 5.73 Å². The maximum absolute atomic E-state index is 12.1. The van der Waals surface area contributed by atoms with Gasteiger partial charge in [0.15, 0.2) is 0 Å². The molecule has 0 amide bonds. The molecule has 0 radical (unpaired) electrons. The summed E-state index contributed by atoms with van der Waals surface area (Å²) in [5, 5.41) is 0. The van der Waals surface area contributed by atoms with Crippen molar-refractivity contribution in [2.24, 2.45) is 0 Å². The molecule has 1 aliphatic heterocycles. The van der Waals surface area contributed by atoms with Crippen LogP contribution in [0.1, 0.15) is 12.8 Å². The molecule has 3 N–H and O–H groups in total. The summed E-state index contributed by atoms with van der Waals surface area (Å²) in [6.45, 7) is 3.19. The predicted molar refractivity (Wildman–Crippen MR) is 77.2 cm³/mol. The van der Waals surface area contributed by atoms with Crippen LogP contribution in [0.2, 0.25) is 0 Å². The third-order valence-electron chi connectivity index (χ3n) is 3.06. The second-order valence-electron chi connectivity index (χ2n) is 4.48. The van der Waals surface area contributed by atoms with Crippen molar-refractivity contribution < 1.29 is 8.42 Å². The Hall–Kier alpha value is -0.700. The van der Waals surface area contributed by atoms with Gasteiger partial charge in [-0.25, -0.2) is 18.1 Å². The van der Waals surface area contributed by atoms with Crippen LogP contribution in [0.15, 0.2) is 21.6 Å². The van der Waals surface area contributed by atoms with Crippen molar-refractivity contribution in [2.45, 2.75) is 17.7 Å². The van der Waals surface area contributed by atoms with Crippen LogP contribution in [0, 0.1) is 0 Å². The predicted octanol–water partition coefficient (Wildman–Crippen LogP) is 0.800. The normalized spacial score (nSPS) is 16.9. The van der Waals surface area contributed by atoms with E-state index in [-0.39, 0.29) is 10.7 Å². The lowest BCUT2D eigenvalue weighted by atomic mass is 10.4. The van der Waals surface area contributed by atoms with Crippen molar-refractivity contribution in [3.8, 4) is 0 Å². The second kappa shape index (κ2) is 6.17. The van der Waals surface area contributed by atoms with Gasteiger partial charge in [-0.3, -0.25) is 0 Å². The number of sulfonamides is 1. The molecule has 2 heterocycles. The van der Waals surface area contributed by atoms with Gasteiger partial charge in [0.05, 0.1) is 0 Å². The SMILES string of the molecule is Nc1ncc(Br)cc1S(=O)(=O)NCCN1CCCC1. The summed E-state index contributed by atoms with van der Waals surface area (Å²) in [6, 6.07) is 1.46. The molecule has 19 heavy (non-hydrogen) atoms. The smallest absolute Gasteiger partial charge is 0.244 e. The zero-order valence-electron chi connectivity index (χ0n) is 10.5. The van der Waals surface area contributed by atoms with Crippen molar-refractivity contribution in [1.82, 2.24) is 14.6 Å². The van der Waals surface area contributed by atoms with Gasteiger partial charge in [-0.1, -0.05) is 0 Å². The first-order valence-corrected chi connectivity index (χ1v) is 8.40. The summed E-state index contributed by atoms with van der Waals surface area (Å²) in [5.74, 6) is 0.0110. The monoisotopic (exact) mass is 348 g/mol. The van der Waals surface area contributed by atoms with E-state index in [1.165, 1.54) is 25.1 Å². The molecule has 0 aliphatic carbocycles. The molecule has 2 rings (SSSR count). The van der Waals surface area contributed by atoms with Crippen molar-refractivity contribution in [3.63, 3.8) is 0 Å². The highest BCUT2D eigenvalue weighted by Crippen LogP contribution is 2.20. The largest absolute Gasteiger partial charge is 0.383 e. The first-order valence-electron chi connectivity index (χ1n) is 6.12. The first kappa shape index (κ1) is 14.7. The number of nitrogens with zero attached hydrogens (tertiary/aromatic N) is 2. The van der Waals surface area contributed by atoms with E-state index in [9.17, 15) is 8.42 Å². The van der Waals surface area contributed by atoms with Gasteiger partial charge in [0.25, 0.3) is 0 Å². The number of aromatic nitrogens is 1. The Labute approximate surface area is 121 Å². The molecule has 8 heteroatoms. The maximum Gasteiger partial charge on any atom is 0.244 e. The summed E-state index contributed by atoms with van der Waals surface area (Å²) in [7, 11) is -3.60. The average molecular weight is 349 g/mol. The molecular weight excluding hydrogens is 332 g/mol. The average Bonchev–Trinajstić information content (AvgIpc) is 2.85. The van der Waals surface area contributed by atoms with E-state index in [1.54, 1.807) is 0 Å². The molecular formula is C11H17BrN4O2S. The van der Waals surface area contributed by atoms with Crippen LogP contribution in [-0.2, 0) is 10.0 Å². The molecule has 1 aromatic rings. The Morgan fingerprint density at radius 2 is 2.11 bits per heavy atom. The number of hydrogen-bond donors (Lipinski definition) is 2. The highest BCUT2D eigenvalue weighted by atomic mass is 79.9. The van der Waals surface area contributed by atoms with Crippen LogP contribution in [0.3, 0.4) is 0 Å². The van der Waals surface area contributed by atoms with E-state index in [0.717, 1.165) is 19.6 Å². The number of likely N-dealkylation sites (tertiary alicyclic amines) is 1. The Balaban J connectivity index is 1.99. The second-order valence-corrected chi connectivity index (χ2v) is 7.13. The van der Waals surface area contributed by atoms with Gasteiger partial charge in [0.2, 0.25) is 10.0 Å². The fraction of sp³-hybridized carbons (Fsp3) is 0.545. The number of nitrogen functional groups attached to an aromatic ring is 1. The van der Waals surface area contributed by atoms with Crippen LogP contribution in [0.25, 0.3) is 0 Å². The molecule has 0 spiro atoms. The lowest BCUT2D eigenvalue weighted by Gasteiger charge is -2.15. The number of nitrogens with two attached hydrogens (primary N) is 1.